The summed E-state index contributed by atoms with van der Waals surface area (Å²) in [5, 5.41) is 0. The zero-order chi connectivity index (χ0) is 15.4. The van der Waals surface area contributed by atoms with Crippen LogP contribution in [0.5, 0.6) is 0 Å². The zero-order valence-corrected chi connectivity index (χ0v) is 12.2. The average molecular weight is 299 g/mol. The smallest absolute Gasteiger partial charge is 0.248 e. The van der Waals surface area contributed by atoms with Crippen molar-refractivity contribution in [2.45, 2.75) is 12.5 Å². The second kappa shape index (κ2) is 6.71. The summed E-state index contributed by atoms with van der Waals surface area (Å²) in [6.45, 7) is 1.17. The first-order valence-corrected chi connectivity index (χ1v) is 7.41. The quantitative estimate of drug-likeness (QED) is 0.868. The molecule has 0 saturated carbocycles. The molecule has 0 spiro atoms. The summed E-state index contributed by atoms with van der Waals surface area (Å²) in [5.41, 5.74) is 1.97. The molecule has 1 heterocycles. The van der Waals surface area contributed by atoms with Crippen LogP contribution in [0, 0.1) is 5.82 Å². The largest absolute Gasteiger partial charge is 0.362 e. The lowest BCUT2D eigenvalue weighted by atomic mass is 10.1. The molecular formula is C18H18FNO2. The molecule has 2 aromatic carbocycles. The average Bonchev–Trinajstić information content (AvgIpc) is 2.55. The Morgan fingerprint density at radius 1 is 1.14 bits per heavy atom. The number of rotatable bonds is 4. The molecule has 0 bridgehead atoms. The molecule has 1 aliphatic heterocycles. The van der Waals surface area contributed by atoms with E-state index in [2.05, 4.69) is 12.1 Å². The van der Waals surface area contributed by atoms with Crippen LogP contribution in [-0.2, 0) is 16.0 Å². The molecule has 114 valence electrons. The van der Waals surface area contributed by atoms with Gasteiger partial charge in [0, 0.05) is 6.54 Å². The number of hydrogen-bond donors (Lipinski definition) is 0. The molecule has 3 nitrogen and oxygen atoms in total. The second-order valence-corrected chi connectivity index (χ2v) is 5.43. The number of amides is 1. The summed E-state index contributed by atoms with van der Waals surface area (Å²) in [4.78, 5) is 13.8. The highest BCUT2D eigenvalue weighted by molar-refractivity contribution is 5.78. The molecule has 1 atom stereocenters. The Labute approximate surface area is 129 Å². The molecule has 1 saturated heterocycles. The highest BCUT2D eigenvalue weighted by Crippen LogP contribution is 2.23. The predicted molar refractivity (Wildman–Crippen MR) is 81.8 cm³/mol. The summed E-state index contributed by atoms with van der Waals surface area (Å²) in [6.07, 6.45) is 0.548. The van der Waals surface area contributed by atoms with E-state index < -0.39 is 0 Å². The van der Waals surface area contributed by atoms with Gasteiger partial charge in [0.1, 0.15) is 18.5 Å². The van der Waals surface area contributed by atoms with E-state index in [0.717, 1.165) is 12.0 Å². The van der Waals surface area contributed by atoms with Crippen molar-refractivity contribution in [1.29, 1.82) is 0 Å². The molecule has 2 aromatic rings. The number of nitrogens with zero attached hydrogens (tertiary/aromatic N) is 1. The van der Waals surface area contributed by atoms with Crippen molar-refractivity contribution in [2.24, 2.45) is 0 Å². The molecule has 0 N–H and O–H groups in total. The van der Waals surface area contributed by atoms with Crippen molar-refractivity contribution in [2.75, 3.05) is 19.7 Å². The minimum absolute atomic E-state index is 0.0106. The summed E-state index contributed by atoms with van der Waals surface area (Å²) in [5.74, 6) is -0.294. The molecule has 1 fully saturated rings. The Kier molecular flexibility index (Phi) is 4.49. The van der Waals surface area contributed by atoms with E-state index in [1.807, 2.05) is 24.3 Å². The van der Waals surface area contributed by atoms with Crippen LogP contribution in [0.1, 0.15) is 17.2 Å². The standard InChI is InChI=1S/C18H18FNO2/c19-16-8-4-7-15(11-16)17-12-20(18(21)13-22-17)10-9-14-5-2-1-3-6-14/h1-8,11,17H,9-10,12-13H2/t17-/m0/s1. The predicted octanol–water partition coefficient (Wildman–Crippen LogP) is 2.97. The first kappa shape index (κ1) is 14.7. The maximum absolute atomic E-state index is 13.3. The maximum atomic E-state index is 13.3. The Bertz CT molecular complexity index is 645. The van der Waals surface area contributed by atoms with E-state index in [1.54, 1.807) is 11.0 Å². The molecule has 22 heavy (non-hydrogen) atoms. The van der Waals surface area contributed by atoms with Crippen molar-refractivity contribution in [3.8, 4) is 0 Å². The Morgan fingerprint density at radius 2 is 1.95 bits per heavy atom. The molecule has 1 aliphatic rings. The van der Waals surface area contributed by atoms with Gasteiger partial charge in [-0.1, -0.05) is 42.5 Å². The lowest BCUT2D eigenvalue weighted by molar-refractivity contribution is -0.149. The molecule has 4 heteroatoms. The van der Waals surface area contributed by atoms with Crippen LogP contribution in [0.15, 0.2) is 54.6 Å². The lowest BCUT2D eigenvalue weighted by Crippen LogP contribution is -2.44. The molecule has 0 radical (unpaired) electrons. The van der Waals surface area contributed by atoms with Gasteiger partial charge in [-0.25, -0.2) is 4.39 Å². The maximum Gasteiger partial charge on any atom is 0.248 e. The van der Waals surface area contributed by atoms with Gasteiger partial charge in [-0.05, 0) is 29.7 Å². The summed E-state index contributed by atoms with van der Waals surface area (Å²) in [6, 6.07) is 16.4. The van der Waals surface area contributed by atoms with Crippen LogP contribution in [0.4, 0.5) is 4.39 Å². The van der Waals surface area contributed by atoms with Crippen molar-refractivity contribution in [3.63, 3.8) is 0 Å². The number of benzene rings is 2. The van der Waals surface area contributed by atoms with Gasteiger partial charge in [-0.3, -0.25) is 4.79 Å². The topological polar surface area (TPSA) is 29.5 Å². The van der Waals surface area contributed by atoms with Gasteiger partial charge in [-0.15, -0.1) is 0 Å². The monoisotopic (exact) mass is 299 g/mol. The van der Waals surface area contributed by atoms with Crippen LogP contribution >= 0.6 is 0 Å². The van der Waals surface area contributed by atoms with Crippen LogP contribution < -0.4 is 0 Å². The van der Waals surface area contributed by atoms with E-state index in [0.29, 0.717) is 13.1 Å². The molecule has 0 aliphatic carbocycles. The Morgan fingerprint density at radius 3 is 2.73 bits per heavy atom. The fourth-order valence-corrected chi connectivity index (χ4v) is 2.65. The van der Waals surface area contributed by atoms with Crippen LogP contribution in [0.3, 0.4) is 0 Å². The van der Waals surface area contributed by atoms with Gasteiger partial charge in [-0.2, -0.15) is 0 Å². The normalized spacial score (nSPS) is 18.5. The van der Waals surface area contributed by atoms with Crippen LogP contribution in [0.2, 0.25) is 0 Å². The van der Waals surface area contributed by atoms with Crippen molar-refractivity contribution >= 4 is 5.91 Å². The number of halogens is 1. The molecular weight excluding hydrogens is 281 g/mol. The number of carbonyl (C=O) groups is 1. The zero-order valence-electron chi connectivity index (χ0n) is 12.2. The SMILES string of the molecule is O=C1CO[C@H](c2cccc(F)c2)CN1CCc1ccccc1. The van der Waals surface area contributed by atoms with Gasteiger partial charge >= 0.3 is 0 Å². The first-order chi connectivity index (χ1) is 10.7. The summed E-state index contributed by atoms with van der Waals surface area (Å²) >= 11 is 0. The van der Waals surface area contributed by atoms with E-state index >= 15 is 0 Å². The highest BCUT2D eigenvalue weighted by atomic mass is 19.1. The third kappa shape index (κ3) is 3.52. The van der Waals surface area contributed by atoms with E-state index in [4.69, 9.17) is 4.74 Å². The number of morpholine rings is 1. The van der Waals surface area contributed by atoms with Gasteiger partial charge in [0.15, 0.2) is 0 Å². The molecule has 0 aromatic heterocycles. The van der Waals surface area contributed by atoms with Crippen molar-refractivity contribution < 1.29 is 13.9 Å². The molecule has 3 rings (SSSR count). The summed E-state index contributed by atoms with van der Waals surface area (Å²) in [7, 11) is 0. The third-order valence-corrected chi connectivity index (χ3v) is 3.88. The number of carbonyl (C=O) groups excluding carboxylic acids is 1. The number of ether oxygens (including phenoxy) is 1. The minimum atomic E-state index is -0.283. The first-order valence-electron chi connectivity index (χ1n) is 7.41. The van der Waals surface area contributed by atoms with E-state index in [9.17, 15) is 9.18 Å². The van der Waals surface area contributed by atoms with Crippen LogP contribution in [0.25, 0.3) is 0 Å². The molecule has 0 unspecified atom stereocenters. The van der Waals surface area contributed by atoms with Gasteiger partial charge in [0.2, 0.25) is 5.91 Å². The second-order valence-electron chi connectivity index (χ2n) is 5.43. The van der Waals surface area contributed by atoms with E-state index in [1.165, 1.54) is 17.7 Å². The highest BCUT2D eigenvalue weighted by Gasteiger charge is 2.27. The van der Waals surface area contributed by atoms with E-state index in [-0.39, 0.29) is 24.4 Å². The Balaban J connectivity index is 1.65. The Hall–Kier alpha value is -2.20. The number of hydrogen-bond acceptors (Lipinski definition) is 2. The van der Waals surface area contributed by atoms with Gasteiger partial charge in [0.25, 0.3) is 0 Å². The summed E-state index contributed by atoms with van der Waals surface area (Å²) < 4.78 is 18.9. The fourth-order valence-electron chi connectivity index (χ4n) is 2.65. The van der Waals surface area contributed by atoms with Gasteiger partial charge in [0.05, 0.1) is 6.54 Å². The van der Waals surface area contributed by atoms with Crippen LogP contribution in [-0.4, -0.2) is 30.5 Å². The fraction of sp³-hybridized carbons (Fsp3) is 0.278. The molecule has 1 amide bonds. The van der Waals surface area contributed by atoms with Gasteiger partial charge < -0.3 is 9.64 Å². The van der Waals surface area contributed by atoms with Crippen molar-refractivity contribution in [1.82, 2.24) is 4.90 Å². The lowest BCUT2D eigenvalue weighted by Gasteiger charge is -2.33. The minimum Gasteiger partial charge on any atom is -0.362 e. The third-order valence-electron chi connectivity index (χ3n) is 3.88. The van der Waals surface area contributed by atoms with Crippen molar-refractivity contribution in [3.05, 3.63) is 71.5 Å².